The van der Waals surface area contributed by atoms with Gasteiger partial charge in [-0.15, -0.1) is 0 Å². The van der Waals surface area contributed by atoms with Crippen molar-refractivity contribution >= 4 is 23.6 Å². The summed E-state index contributed by atoms with van der Waals surface area (Å²) in [4.78, 5) is 29.2. The summed E-state index contributed by atoms with van der Waals surface area (Å²) in [5.74, 6) is -0.766. The predicted octanol–water partition coefficient (Wildman–Crippen LogP) is 2.95. The van der Waals surface area contributed by atoms with Crippen LogP contribution in [0.2, 0.25) is 0 Å². The van der Waals surface area contributed by atoms with Crippen LogP contribution in [0, 0.1) is 13.8 Å². The maximum atomic E-state index is 12.8. The van der Waals surface area contributed by atoms with Gasteiger partial charge in [0.2, 0.25) is 0 Å². The number of carbonyl (C=O) groups is 2. The Kier molecular flexibility index (Phi) is 4.08. The van der Waals surface area contributed by atoms with E-state index in [1.165, 1.54) is 5.01 Å². The van der Waals surface area contributed by atoms with E-state index in [0.717, 1.165) is 22.6 Å². The van der Waals surface area contributed by atoms with Crippen LogP contribution in [0.25, 0.3) is 11.8 Å². The second kappa shape index (κ2) is 6.57. The topological polar surface area (TPSA) is 67.2 Å². The van der Waals surface area contributed by atoms with Gasteiger partial charge >= 0.3 is 0 Å². The molecule has 0 radical (unpaired) electrons. The number of anilines is 1. The number of rotatable bonds is 3. The van der Waals surface area contributed by atoms with Crippen molar-refractivity contribution in [3.05, 3.63) is 83.4 Å². The molecule has 0 spiro atoms. The molecule has 4 rings (SSSR count). The number of carbonyl (C=O) groups excluding carboxylic acids is 2. The van der Waals surface area contributed by atoms with Gasteiger partial charge in [0.15, 0.2) is 0 Å². The minimum Gasteiger partial charge on any atom is -0.318 e. The summed E-state index contributed by atoms with van der Waals surface area (Å²) in [6.07, 6.45) is 5.12. The van der Waals surface area contributed by atoms with Crippen LogP contribution in [-0.2, 0) is 9.59 Å². The van der Waals surface area contributed by atoms with Gasteiger partial charge in [0, 0.05) is 29.5 Å². The van der Waals surface area contributed by atoms with Crippen LogP contribution in [0.1, 0.15) is 17.0 Å². The Hall–Kier alpha value is -3.67. The van der Waals surface area contributed by atoms with Crippen molar-refractivity contribution in [2.24, 2.45) is 0 Å². The van der Waals surface area contributed by atoms with Gasteiger partial charge in [-0.2, -0.15) is 0 Å². The van der Waals surface area contributed by atoms with Crippen molar-refractivity contribution in [3.8, 4) is 5.69 Å². The summed E-state index contributed by atoms with van der Waals surface area (Å²) in [6, 6.07) is 14.8. The third-order valence-corrected chi connectivity index (χ3v) is 4.60. The minimum atomic E-state index is -0.405. The van der Waals surface area contributed by atoms with Gasteiger partial charge < -0.3 is 4.57 Å². The van der Waals surface area contributed by atoms with Crippen LogP contribution in [-0.4, -0.2) is 21.4 Å². The van der Waals surface area contributed by atoms with Crippen molar-refractivity contribution in [2.45, 2.75) is 13.8 Å². The summed E-state index contributed by atoms with van der Waals surface area (Å²) in [7, 11) is 0. The first kappa shape index (κ1) is 16.8. The van der Waals surface area contributed by atoms with Crippen LogP contribution >= 0.6 is 0 Å². The van der Waals surface area contributed by atoms with Crippen LogP contribution in [0.5, 0.6) is 0 Å². The van der Waals surface area contributed by atoms with Crippen LogP contribution in [0.3, 0.4) is 0 Å². The molecule has 2 aromatic heterocycles. The Morgan fingerprint density at radius 2 is 1.67 bits per heavy atom. The largest absolute Gasteiger partial charge is 0.318 e. The van der Waals surface area contributed by atoms with Crippen LogP contribution in [0.4, 0.5) is 5.69 Å². The Morgan fingerprint density at radius 3 is 2.37 bits per heavy atom. The van der Waals surface area contributed by atoms with Gasteiger partial charge in [-0.25, -0.2) is 5.01 Å². The lowest BCUT2D eigenvalue weighted by Crippen LogP contribution is -2.35. The molecule has 1 aliphatic rings. The molecule has 3 aromatic rings. The average Bonchev–Trinajstić information content (AvgIpc) is 3.13. The summed E-state index contributed by atoms with van der Waals surface area (Å²) in [6.45, 7) is 3.95. The molecule has 2 amide bonds. The molecular formula is C21H18N4O2. The minimum absolute atomic E-state index is 0.119. The summed E-state index contributed by atoms with van der Waals surface area (Å²) in [5, 5.41) is 1.27. The molecule has 1 aliphatic heterocycles. The lowest BCUT2D eigenvalue weighted by Gasteiger charge is -2.13. The smallest absolute Gasteiger partial charge is 0.282 e. The second-order valence-electron chi connectivity index (χ2n) is 6.34. The van der Waals surface area contributed by atoms with Gasteiger partial charge in [-0.05, 0) is 55.8 Å². The van der Waals surface area contributed by atoms with Gasteiger partial charge in [0.1, 0.15) is 5.57 Å². The van der Waals surface area contributed by atoms with Crippen molar-refractivity contribution in [1.82, 2.24) is 15.0 Å². The molecule has 27 heavy (non-hydrogen) atoms. The number of benzene rings is 1. The highest BCUT2D eigenvalue weighted by Gasteiger charge is 2.34. The molecule has 0 saturated carbocycles. The summed E-state index contributed by atoms with van der Waals surface area (Å²) < 4.78 is 2.07. The van der Waals surface area contributed by atoms with Crippen molar-refractivity contribution < 1.29 is 9.59 Å². The molecule has 0 aliphatic carbocycles. The number of para-hydroxylation sites is 1. The predicted molar refractivity (Wildman–Crippen MR) is 103 cm³/mol. The zero-order valence-electron chi connectivity index (χ0n) is 15.0. The van der Waals surface area contributed by atoms with Crippen LogP contribution < -0.4 is 10.4 Å². The fourth-order valence-corrected chi connectivity index (χ4v) is 3.30. The van der Waals surface area contributed by atoms with E-state index in [1.54, 1.807) is 30.6 Å². The molecular weight excluding hydrogens is 340 g/mol. The Morgan fingerprint density at radius 1 is 0.963 bits per heavy atom. The number of aryl methyl sites for hydroxylation is 1. The molecule has 6 heteroatoms. The number of hydrazine groups is 1. The highest BCUT2D eigenvalue weighted by molar-refractivity contribution is 6.31. The number of nitrogens with one attached hydrogen (secondary N) is 1. The number of hydrogen-bond acceptors (Lipinski definition) is 3. The Bertz CT molecular complexity index is 1050. The zero-order chi connectivity index (χ0) is 19.0. The Labute approximate surface area is 156 Å². The molecule has 134 valence electrons. The molecule has 0 atom stereocenters. The van der Waals surface area contributed by atoms with E-state index in [4.69, 9.17) is 0 Å². The number of nitrogens with zero attached hydrogens (tertiary/aromatic N) is 3. The first-order valence-corrected chi connectivity index (χ1v) is 8.58. The van der Waals surface area contributed by atoms with E-state index < -0.39 is 5.91 Å². The van der Waals surface area contributed by atoms with Gasteiger partial charge in [-0.3, -0.25) is 20.0 Å². The van der Waals surface area contributed by atoms with E-state index in [0.29, 0.717) is 5.69 Å². The lowest BCUT2D eigenvalue weighted by atomic mass is 10.1. The number of aromatic nitrogens is 2. The maximum Gasteiger partial charge on any atom is 0.282 e. The average molecular weight is 358 g/mol. The van der Waals surface area contributed by atoms with Crippen molar-refractivity contribution in [3.63, 3.8) is 0 Å². The van der Waals surface area contributed by atoms with E-state index >= 15 is 0 Å². The third kappa shape index (κ3) is 2.91. The van der Waals surface area contributed by atoms with Gasteiger partial charge in [0.25, 0.3) is 11.8 Å². The second-order valence-corrected chi connectivity index (χ2v) is 6.34. The maximum absolute atomic E-state index is 12.8. The fraction of sp³-hybridized carbons (Fsp3) is 0.0952. The highest BCUT2D eigenvalue weighted by atomic mass is 16.2. The Balaban J connectivity index is 1.72. The van der Waals surface area contributed by atoms with Crippen molar-refractivity contribution in [2.75, 3.05) is 5.01 Å². The number of hydrogen-bond donors (Lipinski definition) is 1. The third-order valence-electron chi connectivity index (χ3n) is 4.60. The summed E-state index contributed by atoms with van der Waals surface area (Å²) in [5.41, 5.74) is 7.14. The summed E-state index contributed by atoms with van der Waals surface area (Å²) >= 11 is 0. The normalized spacial score (nSPS) is 15.5. The van der Waals surface area contributed by atoms with E-state index in [-0.39, 0.29) is 11.5 Å². The molecule has 1 N–H and O–H groups in total. The molecule has 0 unspecified atom stereocenters. The molecule has 0 bridgehead atoms. The van der Waals surface area contributed by atoms with E-state index in [9.17, 15) is 9.59 Å². The zero-order valence-corrected chi connectivity index (χ0v) is 15.0. The van der Waals surface area contributed by atoms with E-state index in [1.807, 2.05) is 50.2 Å². The molecule has 3 heterocycles. The molecule has 6 nitrogen and oxygen atoms in total. The first-order valence-electron chi connectivity index (χ1n) is 8.58. The number of pyridine rings is 1. The quantitative estimate of drug-likeness (QED) is 0.578. The monoisotopic (exact) mass is 358 g/mol. The molecule has 1 aromatic carbocycles. The van der Waals surface area contributed by atoms with Gasteiger partial charge in [-0.1, -0.05) is 18.2 Å². The fourth-order valence-electron chi connectivity index (χ4n) is 3.30. The molecule has 1 fully saturated rings. The molecule has 1 saturated heterocycles. The highest BCUT2D eigenvalue weighted by Crippen LogP contribution is 2.25. The van der Waals surface area contributed by atoms with Crippen molar-refractivity contribution in [1.29, 1.82) is 0 Å². The van der Waals surface area contributed by atoms with Gasteiger partial charge in [0.05, 0.1) is 5.69 Å². The first-order chi connectivity index (χ1) is 13.1. The SMILES string of the molecule is Cc1cc(C=C2C(=O)NN(c3ccccc3)C2=O)c(C)n1-c1ccncc1. The van der Waals surface area contributed by atoms with Crippen LogP contribution in [0.15, 0.2) is 66.5 Å². The van der Waals surface area contributed by atoms with E-state index in [2.05, 4.69) is 15.0 Å². The number of amides is 2. The lowest BCUT2D eigenvalue weighted by molar-refractivity contribution is -0.117. The standard InChI is InChI=1S/C21H18N4O2/c1-14-12-16(15(2)24(14)17-8-10-22-11-9-17)13-19-20(26)23-25(21(19)27)18-6-4-3-5-7-18/h3-13H,1-2H3,(H,23,26).